The maximum atomic E-state index is 12.6. The summed E-state index contributed by atoms with van der Waals surface area (Å²) < 4.78 is 37.7. The first-order valence-corrected chi connectivity index (χ1v) is 6.37. The van der Waals surface area contributed by atoms with Crippen LogP contribution in [0.15, 0.2) is 12.3 Å². The minimum Gasteiger partial charge on any atom is -0.351 e. The van der Waals surface area contributed by atoms with Crippen molar-refractivity contribution in [2.45, 2.75) is 37.9 Å². The Balaban J connectivity index is 2.10. The second-order valence-electron chi connectivity index (χ2n) is 4.79. The molecule has 0 aliphatic heterocycles. The molecular formula is C12H17F3N4. The van der Waals surface area contributed by atoms with Crippen molar-refractivity contribution in [2.75, 3.05) is 11.9 Å². The van der Waals surface area contributed by atoms with Crippen molar-refractivity contribution >= 4 is 5.95 Å². The third-order valence-electron chi connectivity index (χ3n) is 3.47. The fraction of sp³-hybridized carbons (Fsp3) is 0.667. The van der Waals surface area contributed by atoms with Crippen LogP contribution in [0.2, 0.25) is 0 Å². The van der Waals surface area contributed by atoms with E-state index in [-0.39, 0.29) is 17.9 Å². The molecule has 106 valence electrons. The fourth-order valence-corrected chi connectivity index (χ4v) is 2.43. The molecule has 7 heteroatoms. The number of nitrogens with zero attached hydrogens (tertiary/aromatic N) is 2. The summed E-state index contributed by atoms with van der Waals surface area (Å²) in [5.74, 6) is 0.298. The monoisotopic (exact) mass is 274 g/mol. The number of rotatable bonds is 3. The van der Waals surface area contributed by atoms with Crippen molar-refractivity contribution in [2.24, 2.45) is 11.7 Å². The Hall–Kier alpha value is -1.37. The molecule has 0 bridgehead atoms. The zero-order valence-corrected chi connectivity index (χ0v) is 10.5. The Morgan fingerprint density at radius 3 is 2.74 bits per heavy atom. The highest BCUT2D eigenvalue weighted by Crippen LogP contribution is 2.29. The van der Waals surface area contributed by atoms with Crippen molar-refractivity contribution < 1.29 is 13.2 Å². The van der Waals surface area contributed by atoms with E-state index in [0.717, 1.165) is 37.9 Å². The average molecular weight is 274 g/mol. The number of anilines is 1. The molecule has 0 saturated heterocycles. The molecule has 1 aromatic heterocycles. The predicted octanol–water partition coefficient (Wildman–Crippen LogP) is 2.42. The lowest BCUT2D eigenvalue weighted by atomic mass is 9.84. The minimum atomic E-state index is -4.45. The molecule has 2 atom stereocenters. The summed E-state index contributed by atoms with van der Waals surface area (Å²) in [7, 11) is 0. The van der Waals surface area contributed by atoms with E-state index in [1.165, 1.54) is 0 Å². The molecule has 3 N–H and O–H groups in total. The van der Waals surface area contributed by atoms with Crippen LogP contribution in [0, 0.1) is 5.92 Å². The SMILES string of the molecule is NCC1CCCCC1Nc1nccc(C(F)(F)F)n1. The van der Waals surface area contributed by atoms with Crippen LogP contribution in [0.1, 0.15) is 31.4 Å². The fourth-order valence-electron chi connectivity index (χ4n) is 2.43. The van der Waals surface area contributed by atoms with E-state index in [4.69, 9.17) is 5.73 Å². The van der Waals surface area contributed by atoms with Crippen LogP contribution in [-0.2, 0) is 6.18 Å². The largest absolute Gasteiger partial charge is 0.433 e. The lowest BCUT2D eigenvalue weighted by Gasteiger charge is -2.31. The number of alkyl halides is 3. The van der Waals surface area contributed by atoms with Crippen LogP contribution < -0.4 is 11.1 Å². The molecule has 1 fully saturated rings. The van der Waals surface area contributed by atoms with Crippen molar-refractivity contribution in [1.29, 1.82) is 0 Å². The Morgan fingerprint density at radius 2 is 2.05 bits per heavy atom. The number of hydrogen-bond acceptors (Lipinski definition) is 4. The van der Waals surface area contributed by atoms with Gasteiger partial charge in [0.25, 0.3) is 0 Å². The summed E-state index contributed by atoms with van der Waals surface area (Å²) in [4.78, 5) is 7.37. The maximum Gasteiger partial charge on any atom is 0.433 e. The van der Waals surface area contributed by atoms with E-state index < -0.39 is 11.9 Å². The van der Waals surface area contributed by atoms with Gasteiger partial charge in [-0.3, -0.25) is 0 Å². The summed E-state index contributed by atoms with van der Waals surface area (Å²) in [6.07, 6.45) is 0.725. The molecule has 1 aromatic rings. The van der Waals surface area contributed by atoms with Gasteiger partial charge in [0.1, 0.15) is 5.69 Å². The number of halogens is 3. The van der Waals surface area contributed by atoms with Gasteiger partial charge >= 0.3 is 6.18 Å². The van der Waals surface area contributed by atoms with Crippen LogP contribution in [-0.4, -0.2) is 22.6 Å². The molecule has 0 aromatic carbocycles. The quantitative estimate of drug-likeness (QED) is 0.888. The van der Waals surface area contributed by atoms with E-state index >= 15 is 0 Å². The van der Waals surface area contributed by atoms with Crippen LogP contribution in [0.3, 0.4) is 0 Å². The topological polar surface area (TPSA) is 63.8 Å². The lowest BCUT2D eigenvalue weighted by Crippen LogP contribution is -2.37. The van der Waals surface area contributed by atoms with E-state index in [2.05, 4.69) is 15.3 Å². The highest BCUT2D eigenvalue weighted by atomic mass is 19.4. The summed E-state index contributed by atoms with van der Waals surface area (Å²) >= 11 is 0. The smallest absolute Gasteiger partial charge is 0.351 e. The van der Waals surface area contributed by atoms with Crippen LogP contribution in [0.4, 0.5) is 19.1 Å². The summed E-state index contributed by atoms with van der Waals surface area (Å²) in [5, 5.41) is 2.99. The first-order valence-electron chi connectivity index (χ1n) is 6.37. The van der Waals surface area contributed by atoms with Crippen molar-refractivity contribution in [3.63, 3.8) is 0 Å². The van der Waals surface area contributed by atoms with E-state index in [0.29, 0.717) is 6.54 Å². The first-order chi connectivity index (χ1) is 9.00. The van der Waals surface area contributed by atoms with Gasteiger partial charge in [0, 0.05) is 12.2 Å². The standard InChI is InChI=1S/C12H17F3N4/c13-12(14,15)10-5-6-17-11(19-10)18-9-4-2-1-3-8(9)7-16/h5-6,8-9H,1-4,7,16H2,(H,17,18,19). The van der Waals surface area contributed by atoms with E-state index in [1.807, 2.05) is 0 Å². The summed E-state index contributed by atoms with van der Waals surface area (Å²) in [6, 6.07) is 0.925. The molecule has 19 heavy (non-hydrogen) atoms. The van der Waals surface area contributed by atoms with Gasteiger partial charge in [0.15, 0.2) is 0 Å². The van der Waals surface area contributed by atoms with Gasteiger partial charge in [-0.2, -0.15) is 13.2 Å². The number of nitrogens with two attached hydrogens (primary N) is 1. The highest BCUT2D eigenvalue weighted by molar-refractivity contribution is 5.28. The first kappa shape index (κ1) is 14.0. The third kappa shape index (κ3) is 3.56. The van der Waals surface area contributed by atoms with E-state index in [9.17, 15) is 13.2 Å². The van der Waals surface area contributed by atoms with Gasteiger partial charge in [-0.1, -0.05) is 12.8 Å². The van der Waals surface area contributed by atoms with Gasteiger partial charge in [-0.05, 0) is 31.4 Å². The van der Waals surface area contributed by atoms with Gasteiger partial charge in [0.05, 0.1) is 0 Å². The lowest BCUT2D eigenvalue weighted by molar-refractivity contribution is -0.141. The summed E-state index contributed by atoms with van der Waals surface area (Å²) in [5.41, 5.74) is 4.76. The summed E-state index contributed by atoms with van der Waals surface area (Å²) in [6.45, 7) is 0.524. The van der Waals surface area contributed by atoms with Crippen molar-refractivity contribution in [1.82, 2.24) is 9.97 Å². The van der Waals surface area contributed by atoms with Gasteiger partial charge in [0.2, 0.25) is 5.95 Å². The molecule has 0 radical (unpaired) electrons. The van der Waals surface area contributed by atoms with Crippen LogP contribution >= 0.6 is 0 Å². The van der Waals surface area contributed by atoms with E-state index in [1.54, 1.807) is 0 Å². The molecular weight excluding hydrogens is 257 g/mol. The number of aromatic nitrogens is 2. The Labute approximate surface area is 109 Å². The Morgan fingerprint density at radius 1 is 1.32 bits per heavy atom. The molecule has 4 nitrogen and oxygen atoms in total. The molecule has 1 saturated carbocycles. The molecule has 0 amide bonds. The highest BCUT2D eigenvalue weighted by Gasteiger charge is 2.33. The van der Waals surface area contributed by atoms with Crippen molar-refractivity contribution in [3.8, 4) is 0 Å². The average Bonchev–Trinajstić information content (AvgIpc) is 2.39. The molecule has 0 spiro atoms. The second-order valence-corrected chi connectivity index (χ2v) is 4.79. The maximum absolute atomic E-state index is 12.6. The number of nitrogens with one attached hydrogen (secondary N) is 1. The molecule has 2 unspecified atom stereocenters. The van der Waals surface area contributed by atoms with Crippen LogP contribution in [0.25, 0.3) is 0 Å². The molecule has 1 aliphatic rings. The van der Waals surface area contributed by atoms with Gasteiger partial charge < -0.3 is 11.1 Å². The minimum absolute atomic E-state index is 0.0279. The molecule has 1 heterocycles. The van der Waals surface area contributed by atoms with Crippen LogP contribution in [0.5, 0.6) is 0 Å². The Bertz CT molecular complexity index is 422. The molecule has 2 rings (SSSR count). The van der Waals surface area contributed by atoms with Gasteiger partial charge in [-0.15, -0.1) is 0 Å². The zero-order valence-electron chi connectivity index (χ0n) is 10.5. The van der Waals surface area contributed by atoms with Gasteiger partial charge in [-0.25, -0.2) is 9.97 Å². The second kappa shape index (κ2) is 5.73. The predicted molar refractivity (Wildman–Crippen MR) is 65.5 cm³/mol. The Kier molecular flexibility index (Phi) is 4.24. The van der Waals surface area contributed by atoms with Crippen molar-refractivity contribution in [3.05, 3.63) is 18.0 Å². The normalized spacial score (nSPS) is 24.2. The zero-order chi connectivity index (χ0) is 13.9. The third-order valence-corrected chi connectivity index (χ3v) is 3.47. The molecule has 1 aliphatic carbocycles. The number of hydrogen-bond donors (Lipinski definition) is 2.